The average molecular weight is 311 g/mol. The number of aromatic nitrogens is 4. The molecule has 0 unspecified atom stereocenters. The molecule has 120 valence electrons. The van der Waals surface area contributed by atoms with E-state index in [-0.39, 0.29) is 5.69 Å². The molecule has 3 aromatic heterocycles. The molecule has 0 saturated carbocycles. The number of fused-ring (bicyclic) bond motifs is 1. The van der Waals surface area contributed by atoms with E-state index in [9.17, 15) is 4.79 Å². The van der Waals surface area contributed by atoms with Gasteiger partial charge in [0.15, 0.2) is 5.65 Å². The molecule has 6 heteroatoms. The Hall–Kier alpha value is -2.63. The molecule has 0 fully saturated rings. The first-order valence-corrected chi connectivity index (χ1v) is 7.72. The zero-order valence-corrected chi connectivity index (χ0v) is 13.7. The molecule has 0 spiro atoms. The summed E-state index contributed by atoms with van der Waals surface area (Å²) in [5, 5.41) is 4.36. The second-order valence-corrected chi connectivity index (χ2v) is 5.89. The van der Waals surface area contributed by atoms with Crippen molar-refractivity contribution in [3.05, 3.63) is 58.4 Å². The Kier molecular flexibility index (Phi) is 4.14. The van der Waals surface area contributed by atoms with E-state index in [1.165, 1.54) is 10.2 Å². The quantitative estimate of drug-likeness (QED) is 0.721. The molecule has 0 atom stereocenters. The molecule has 0 saturated heterocycles. The lowest BCUT2D eigenvalue weighted by molar-refractivity contribution is 0.732. The topological polar surface area (TPSA) is 55.4 Å². The van der Waals surface area contributed by atoms with Crippen LogP contribution in [-0.2, 0) is 13.5 Å². The molecule has 0 radical (unpaired) electrons. The Morgan fingerprint density at radius 1 is 1.35 bits per heavy atom. The van der Waals surface area contributed by atoms with Crippen molar-refractivity contribution in [2.45, 2.75) is 19.8 Å². The minimum absolute atomic E-state index is 0.117. The highest BCUT2D eigenvalue weighted by molar-refractivity contribution is 5.69. The van der Waals surface area contributed by atoms with Gasteiger partial charge < -0.3 is 4.90 Å². The van der Waals surface area contributed by atoms with Gasteiger partial charge in [0.05, 0.1) is 5.69 Å². The third-order valence-electron chi connectivity index (χ3n) is 3.98. The van der Waals surface area contributed by atoms with Gasteiger partial charge in [0.2, 0.25) is 0 Å². The monoisotopic (exact) mass is 311 g/mol. The zero-order valence-electron chi connectivity index (χ0n) is 13.7. The van der Waals surface area contributed by atoms with Crippen molar-refractivity contribution < 1.29 is 0 Å². The Bertz CT molecular complexity index is 866. The van der Waals surface area contributed by atoms with Crippen LogP contribution < -0.4 is 10.6 Å². The zero-order chi connectivity index (χ0) is 16.4. The van der Waals surface area contributed by atoms with Gasteiger partial charge in [-0.3, -0.25) is 4.98 Å². The fourth-order valence-electron chi connectivity index (χ4n) is 2.76. The maximum Gasteiger partial charge on any atom is 0.350 e. The van der Waals surface area contributed by atoms with E-state index in [0.29, 0.717) is 5.65 Å². The van der Waals surface area contributed by atoms with Crippen LogP contribution in [0.1, 0.15) is 17.5 Å². The van der Waals surface area contributed by atoms with Gasteiger partial charge in [-0.15, -0.1) is 5.10 Å². The first-order valence-electron chi connectivity index (χ1n) is 7.72. The maximum atomic E-state index is 12.1. The van der Waals surface area contributed by atoms with Crippen LogP contribution in [0.3, 0.4) is 0 Å². The van der Waals surface area contributed by atoms with E-state index in [1.807, 2.05) is 32.4 Å². The number of anilines is 1. The van der Waals surface area contributed by atoms with Crippen molar-refractivity contribution in [1.82, 2.24) is 19.2 Å². The number of hydrogen-bond donors (Lipinski definition) is 0. The van der Waals surface area contributed by atoms with Gasteiger partial charge in [0, 0.05) is 39.2 Å². The molecule has 0 bridgehead atoms. The normalized spacial score (nSPS) is 11.1. The number of hydrogen-bond acceptors (Lipinski definition) is 4. The van der Waals surface area contributed by atoms with Gasteiger partial charge in [-0.1, -0.05) is 6.07 Å². The lowest BCUT2D eigenvalue weighted by Crippen LogP contribution is -2.21. The molecule has 0 aromatic carbocycles. The van der Waals surface area contributed by atoms with Crippen molar-refractivity contribution in [3.8, 4) is 0 Å². The highest BCUT2D eigenvalue weighted by atomic mass is 16.2. The number of nitrogens with zero attached hydrogens (tertiary/aromatic N) is 5. The highest BCUT2D eigenvalue weighted by Gasteiger charge is 2.13. The molecule has 0 aliphatic carbocycles. The van der Waals surface area contributed by atoms with Gasteiger partial charge >= 0.3 is 5.69 Å². The summed E-state index contributed by atoms with van der Waals surface area (Å²) in [4.78, 5) is 18.4. The summed E-state index contributed by atoms with van der Waals surface area (Å²) in [6, 6.07) is 6.13. The van der Waals surface area contributed by atoms with E-state index in [1.54, 1.807) is 17.6 Å². The van der Waals surface area contributed by atoms with Crippen molar-refractivity contribution in [2.24, 2.45) is 7.05 Å². The number of pyridine rings is 2. The number of aryl methyl sites for hydroxylation is 3. The van der Waals surface area contributed by atoms with Gasteiger partial charge in [-0.2, -0.15) is 0 Å². The summed E-state index contributed by atoms with van der Waals surface area (Å²) >= 11 is 0. The molecule has 0 aliphatic heterocycles. The van der Waals surface area contributed by atoms with Crippen LogP contribution >= 0.6 is 0 Å². The first-order chi connectivity index (χ1) is 11.1. The van der Waals surface area contributed by atoms with E-state index < -0.39 is 0 Å². The summed E-state index contributed by atoms with van der Waals surface area (Å²) in [6.07, 6.45) is 7.52. The fraction of sp³-hybridized carbons (Fsp3) is 0.353. The summed E-state index contributed by atoms with van der Waals surface area (Å²) in [7, 11) is 3.72. The SMILES string of the molecule is Cc1cc(N(C)CCCc2cccnc2)c2nn(C)c(=O)n2c1. The van der Waals surface area contributed by atoms with Crippen molar-refractivity contribution in [3.63, 3.8) is 0 Å². The fourth-order valence-corrected chi connectivity index (χ4v) is 2.76. The first kappa shape index (κ1) is 15.3. The van der Waals surface area contributed by atoms with E-state index >= 15 is 0 Å². The van der Waals surface area contributed by atoms with Gasteiger partial charge in [0.25, 0.3) is 0 Å². The Morgan fingerprint density at radius 3 is 2.91 bits per heavy atom. The van der Waals surface area contributed by atoms with Gasteiger partial charge in [-0.05, 0) is 43.0 Å². The predicted octanol–water partition coefficient (Wildman–Crippen LogP) is 1.81. The van der Waals surface area contributed by atoms with Crippen LogP contribution in [0.2, 0.25) is 0 Å². The average Bonchev–Trinajstić information content (AvgIpc) is 2.83. The maximum absolute atomic E-state index is 12.1. The Labute approximate surface area is 135 Å². The van der Waals surface area contributed by atoms with E-state index in [2.05, 4.69) is 27.1 Å². The van der Waals surface area contributed by atoms with E-state index in [4.69, 9.17) is 0 Å². The van der Waals surface area contributed by atoms with Gasteiger partial charge in [-0.25, -0.2) is 13.9 Å². The summed E-state index contributed by atoms with van der Waals surface area (Å²) in [5.41, 5.74) is 3.85. The molecular formula is C17H21N5O. The van der Waals surface area contributed by atoms with Crippen LogP contribution in [0.15, 0.2) is 41.6 Å². The summed E-state index contributed by atoms with van der Waals surface area (Å²) < 4.78 is 2.99. The third-order valence-corrected chi connectivity index (χ3v) is 3.98. The molecule has 0 N–H and O–H groups in total. The predicted molar refractivity (Wildman–Crippen MR) is 91.0 cm³/mol. The molecule has 3 aromatic rings. The highest BCUT2D eigenvalue weighted by Crippen LogP contribution is 2.20. The van der Waals surface area contributed by atoms with Crippen LogP contribution in [0.25, 0.3) is 5.65 Å². The number of rotatable bonds is 5. The molecule has 0 amide bonds. The molecule has 23 heavy (non-hydrogen) atoms. The van der Waals surface area contributed by atoms with Gasteiger partial charge in [0.1, 0.15) is 0 Å². The largest absolute Gasteiger partial charge is 0.372 e. The Morgan fingerprint density at radius 2 is 2.17 bits per heavy atom. The molecule has 3 heterocycles. The second-order valence-electron chi connectivity index (χ2n) is 5.89. The molecule has 0 aliphatic rings. The minimum Gasteiger partial charge on any atom is -0.372 e. The summed E-state index contributed by atoms with van der Waals surface area (Å²) in [6.45, 7) is 2.88. The molecular weight excluding hydrogens is 290 g/mol. The van der Waals surface area contributed by atoms with Crippen LogP contribution in [-0.4, -0.2) is 32.8 Å². The molecule has 6 nitrogen and oxygen atoms in total. The smallest absolute Gasteiger partial charge is 0.350 e. The lowest BCUT2D eigenvalue weighted by Gasteiger charge is -2.20. The van der Waals surface area contributed by atoms with Crippen molar-refractivity contribution in [2.75, 3.05) is 18.5 Å². The van der Waals surface area contributed by atoms with Crippen molar-refractivity contribution >= 4 is 11.3 Å². The second kappa shape index (κ2) is 6.24. The Balaban J connectivity index is 1.79. The van der Waals surface area contributed by atoms with Crippen LogP contribution in [0.4, 0.5) is 5.69 Å². The lowest BCUT2D eigenvalue weighted by atomic mass is 10.1. The van der Waals surface area contributed by atoms with E-state index in [0.717, 1.165) is 30.6 Å². The standard InChI is InChI=1S/C17H21N5O/c1-13-10-15(16-19-21(3)17(23)22(16)12-13)20(2)9-5-7-14-6-4-8-18-11-14/h4,6,8,10-12H,5,7,9H2,1-3H3. The van der Waals surface area contributed by atoms with Crippen LogP contribution in [0, 0.1) is 6.92 Å². The van der Waals surface area contributed by atoms with Crippen LogP contribution in [0.5, 0.6) is 0 Å². The third kappa shape index (κ3) is 3.11. The van der Waals surface area contributed by atoms with Crippen molar-refractivity contribution in [1.29, 1.82) is 0 Å². The summed E-state index contributed by atoms with van der Waals surface area (Å²) in [5.74, 6) is 0. The minimum atomic E-state index is -0.117. The molecule has 3 rings (SSSR count).